The Morgan fingerprint density at radius 3 is 2.42 bits per heavy atom. The van der Waals surface area contributed by atoms with Gasteiger partial charge in [-0.2, -0.15) is 0 Å². The molecule has 3 atom stereocenters. The molecular formula is C22H30N2O2. The maximum absolute atomic E-state index is 13.4. The van der Waals surface area contributed by atoms with E-state index in [4.69, 9.17) is 0 Å². The highest BCUT2D eigenvalue weighted by molar-refractivity contribution is 5.99. The highest BCUT2D eigenvalue weighted by Crippen LogP contribution is 2.37. The fourth-order valence-corrected chi connectivity index (χ4v) is 5.11. The van der Waals surface area contributed by atoms with Crippen LogP contribution in [0.1, 0.15) is 51.0 Å². The molecule has 4 heteroatoms. The van der Waals surface area contributed by atoms with E-state index in [9.17, 15) is 9.59 Å². The molecule has 0 spiro atoms. The zero-order valence-corrected chi connectivity index (χ0v) is 15.8. The Bertz CT molecular complexity index is 686. The summed E-state index contributed by atoms with van der Waals surface area (Å²) in [5.41, 5.74) is 2.31. The molecule has 4 rings (SSSR count). The summed E-state index contributed by atoms with van der Waals surface area (Å²) in [4.78, 5) is 30.6. The maximum Gasteiger partial charge on any atom is 0.230 e. The van der Waals surface area contributed by atoms with Crippen LogP contribution in [0.5, 0.6) is 0 Å². The third-order valence-corrected chi connectivity index (χ3v) is 6.52. The molecule has 0 N–H and O–H groups in total. The lowest BCUT2D eigenvalue weighted by molar-refractivity contribution is -0.144. The molecule has 0 radical (unpaired) electrons. The summed E-state index contributed by atoms with van der Waals surface area (Å²) < 4.78 is 0. The van der Waals surface area contributed by atoms with Crippen LogP contribution in [0.25, 0.3) is 0 Å². The van der Waals surface area contributed by atoms with Crippen LogP contribution < -0.4 is 4.90 Å². The maximum atomic E-state index is 13.4. The van der Waals surface area contributed by atoms with Crippen molar-refractivity contribution in [1.29, 1.82) is 0 Å². The fraction of sp³-hybridized carbons (Fsp3) is 0.636. The molecule has 0 unspecified atom stereocenters. The summed E-state index contributed by atoms with van der Waals surface area (Å²) in [6.07, 6.45) is 7.09. The summed E-state index contributed by atoms with van der Waals surface area (Å²) in [7, 11) is 0. The number of piperidine rings is 1. The Morgan fingerprint density at radius 2 is 1.65 bits per heavy atom. The van der Waals surface area contributed by atoms with Gasteiger partial charge in [0.15, 0.2) is 0 Å². The second-order valence-electron chi connectivity index (χ2n) is 8.40. The molecule has 26 heavy (non-hydrogen) atoms. The minimum absolute atomic E-state index is 0.116. The van der Waals surface area contributed by atoms with Crippen LogP contribution in [0.2, 0.25) is 0 Å². The van der Waals surface area contributed by atoms with Crippen molar-refractivity contribution in [1.82, 2.24) is 4.90 Å². The number of amides is 2. The average Bonchev–Trinajstić information content (AvgIpc) is 3.11. The molecular weight excluding hydrogens is 324 g/mol. The van der Waals surface area contributed by atoms with E-state index in [0.29, 0.717) is 5.92 Å². The number of rotatable bonds is 2. The molecule has 2 aliphatic heterocycles. The summed E-state index contributed by atoms with van der Waals surface area (Å²) in [5, 5.41) is 0. The first-order valence-electron chi connectivity index (χ1n) is 10.3. The summed E-state index contributed by atoms with van der Waals surface area (Å²) in [5.74, 6) is 0.741. The molecule has 1 aliphatic carbocycles. The van der Waals surface area contributed by atoms with E-state index in [1.54, 1.807) is 0 Å². The normalized spacial score (nSPS) is 28.7. The largest absolute Gasteiger partial charge is 0.342 e. The van der Waals surface area contributed by atoms with Crippen molar-refractivity contribution in [3.63, 3.8) is 0 Å². The van der Waals surface area contributed by atoms with Gasteiger partial charge in [-0.25, -0.2) is 0 Å². The van der Waals surface area contributed by atoms with E-state index in [1.807, 2.05) is 28.0 Å². The second-order valence-corrected chi connectivity index (χ2v) is 8.40. The summed E-state index contributed by atoms with van der Waals surface area (Å²) >= 11 is 0. The van der Waals surface area contributed by atoms with Gasteiger partial charge < -0.3 is 9.80 Å². The van der Waals surface area contributed by atoms with Crippen LogP contribution in [0, 0.1) is 17.8 Å². The van der Waals surface area contributed by atoms with Gasteiger partial charge in [-0.05, 0) is 49.7 Å². The zero-order valence-electron chi connectivity index (χ0n) is 15.8. The highest BCUT2D eigenvalue weighted by atomic mass is 16.2. The Balaban J connectivity index is 1.52. The molecule has 1 aromatic carbocycles. The first-order chi connectivity index (χ1) is 12.6. The average molecular weight is 354 g/mol. The van der Waals surface area contributed by atoms with Gasteiger partial charge in [0.2, 0.25) is 11.8 Å². The van der Waals surface area contributed by atoms with Gasteiger partial charge >= 0.3 is 0 Å². The van der Waals surface area contributed by atoms with Crippen molar-refractivity contribution < 1.29 is 9.59 Å². The minimum atomic E-state index is -0.139. The Morgan fingerprint density at radius 1 is 0.923 bits per heavy atom. The topological polar surface area (TPSA) is 40.6 Å². The van der Waals surface area contributed by atoms with Gasteiger partial charge in [-0.3, -0.25) is 9.59 Å². The molecule has 2 heterocycles. The van der Waals surface area contributed by atoms with Crippen molar-refractivity contribution in [3.05, 3.63) is 29.8 Å². The second kappa shape index (κ2) is 7.42. The molecule has 1 aromatic rings. The standard InChI is InChI=1S/C22H30N2O2/c1-16-7-6-13-23(15-16)21(25)18-9-3-4-10-19(18)22(26)24-14-12-17-8-2-5-11-20(17)24/h2,5,8,11,16,18-19H,3-4,6-7,9-10,12-15H2,1H3/t16-,18-,19-/m1/s1. The number of benzene rings is 1. The SMILES string of the molecule is C[C@@H]1CCCN(C(=O)[C@@H]2CCCC[C@H]2C(=O)N2CCc3ccccc32)C1. The Hall–Kier alpha value is -1.84. The lowest BCUT2D eigenvalue weighted by atomic mass is 9.77. The van der Waals surface area contributed by atoms with Crippen molar-refractivity contribution in [2.24, 2.45) is 17.8 Å². The monoisotopic (exact) mass is 354 g/mol. The lowest BCUT2D eigenvalue weighted by Crippen LogP contribution is -2.48. The number of hydrogen-bond acceptors (Lipinski definition) is 2. The van der Waals surface area contributed by atoms with Crippen LogP contribution in [-0.2, 0) is 16.0 Å². The molecule has 1 saturated heterocycles. The van der Waals surface area contributed by atoms with Crippen molar-refractivity contribution in [3.8, 4) is 0 Å². The lowest BCUT2D eigenvalue weighted by Gasteiger charge is -2.38. The molecule has 0 aromatic heterocycles. The van der Waals surface area contributed by atoms with Gasteiger partial charge in [0.05, 0.1) is 5.92 Å². The number of carbonyl (C=O) groups is 2. The quantitative estimate of drug-likeness (QED) is 0.813. The van der Waals surface area contributed by atoms with Gasteiger partial charge in [-0.1, -0.05) is 38.0 Å². The highest BCUT2D eigenvalue weighted by Gasteiger charge is 2.41. The van der Waals surface area contributed by atoms with Gasteiger partial charge in [0.1, 0.15) is 0 Å². The number of para-hydroxylation sites is 1. The van der Waals surface area contributed by atoms with Crippen LogP contribution in [0.4, 0.5) is 5.69 Å². The molecule has 0 bridgehead atoms. The van der Waals surface area contributed by atoms with Crippen molar-refractivity contribution >= 4 is 17.5 Å². The number of nitrogens with zero attached hydrogens (tertiary/aromatic N) is 2. The third-order valence-electron chi connectivity index (χ3n) is 6.52. The van der Waals surface area contributed by atoms with E-state index in [-0.39, 0.29) is 23.7 Å². The number of hydrogen-bond donors (Lipinski definition) is 0. The van der Waals surface area contributed by atoms with E-state index < -0.39 is 0 Å². The van der Waals surface area contributed by atoms with Crippen LogP contribution in [0.3, 0.4) is 0 Å². The zero-order chi connectivity index (χ0) is 18.1. The molecule has 140 valence electrons. The van der Waals surface area contributed by atoms with E-state index in [2.05, 4.69) is 13.0 Å². The Kier molecular flexibility index (Phi) is 5.01. The molecule has 4 nitrogen and oxygen atoms in total. The van der Waals surface area contributed by atoms with E-state index in [1.165, 1.54) is 12.0 Å². The predicted octanol–water partition coefficient (Wildman–Crippen LogP) is 3.64. The first-order valence-corrected chi connectivity index (χ1v) is 10.3. The molecule has 1 saturated carbocycles. The van der Waals surface area contributed by atoms with E-state index in [0.717, 1.165) is 63.8 Å². The molecule has 3 aliphatic rings. The Labute approximate surface area is 156 Å². The van der Waals surface area contributed by atoms with Crippen LogP contribution >= 0.6 is 0 Å². The van der Waals surface area contributed by atoms with Crippen LogP contribution in [0.15, 0.2) is 24.3 Å². The van der Waals surface area contributed by atoms with Gasteiger partial charge in [0.25, 0.3) is 0 Å². The van der Waals surface area contributed by atoms with E-state index >= 15 is 0 Å². The number of fused-ring (bicyclic) bond motifs is 1. The molecule has 2 amide bonds. The number of likely N-dealkylation sites (tertiary alicyclic amines) is 1. The van der Waals surface area contributed by atoms with Crippen molar-refractivity contribution in [2.45, 2.75) is 51.9 Å². The van der Waals surface area contributed by atoms with Gasteiger partial charge in [0, 0.05) is 31.2 Å². The molecule has 2 fully saturated rings. The summed E-state index contributed by atoms with van der Waals surface area (Å²) in [6.45, 7) is 4.72. The van der Waals surface area contributed by atoms with Crippen molar-refractivity contribution in [2.75, 3.05) is 24.5 Å². The number of carbonyl (C=O) groups excluding carboxylic acids is 2. The smallest absolute Gasteiger partial charge is 0.230 e. The minimum Gasteiger partial charge on any atom is -0.342 e. The van der Waals surface area contributed by atoms with Gasteiger partial charge in [-0.15, -0.1) is 0 Å². The number of anilines is 1. The fourth-order valence-electron chi connectivity index (χ4n) is 5.11. The van der Waals surface area contributed by atoms with Crippen LogP contribution in [-0.4, -0.2) is 36.3 Å². The predicted molar refractivity (Wildman–Crippen MR) is 103 cm³/mol. The first kappa shape index (κ1) is 17.6. The third kappa shape index (κ3) is 3.26. The summed E-state index contributed by atoms with van der Waals surface area (Å²) in [6, 6.07) is 8.20.